The maximum atomic E-state index is 11.7. The molecule has 132 valence electrons. The van der Waals surface area contributed by atoms with Crippen LogP contribution in [0.1, 0.15) is 51.9 Å². The third kappa shape index (κ3) is 7.62. The number of aliphatic hydroxyl groups is 6. The van der Waals surface area contributed by atoms with Crippen molar-refractivity contribution in [1.29, 1.82) is 0 Å². The van der Waals surface area contributed by atoms with Gasteiger partial charge in [0, 0.05) is 6.42 Å². The average Bonchev–Trinajstić information content (AvgIpc) is 2.54. The molecule has 7 nitrogen and oxygen atoms in total. The Hall–Kier alpha value is -0.570. The zero-order valence-corrected chi connectivity index (χ0v) is 13.1. The van der Waals surface area contributed by atoms with Crippen LogP contribution < -0.4 is 0 Å². The summed E-state index contributed by atoms with van der Waals surface area (Å²) in [5, 5.41) is 56.2. The number of unbranched alkanes of at least 4 members (excludes halogenated alkanes) is 5. The fourth-order valence-electron chi connectivity index (χ4n) is 2.14. The van der Waals surface area contributed by atoms with Gasteiger partial charge in [-0.1, -0.05) is 39.0 Å². The van der Waals surface area contributed by atoms with E-state index in [0.29, 0.717) is 6.42 Å². The molecule has 0 aromatic carbocycles. The second-order valence-electron chi connectivity index (χ2n) is 5.65. The highest BCUT2D eigenvalue weighted by molar-refractivity contribution is 5.83. The van der Waals surface area contributed by atoms with Crippen molar-refractivity contribution in [2.75, 3.05) is 6.61 Å². The number of rotatable bonds is 13. The average molecular weight is 322 g/mol. The van der Waals surface area contributed by atoms with Crippen molar-refractivity contribution in [2.24, 2.45) is 0 Å². The summed E-state index contributed by atoms with van der Waals surface area (Å²) in [6.45, 7) is 1.29. The van der Waals surface area contributed by atoms with E-state index < -0.39 is 42.9 Å². The maximum Gasteiger partial charge on any atom is 0.164 e. The highest BCUT2D eigenvalue weighted by Crippen LogP contribution is 2.13. The fourth-order valence-corrected chi connectivity index (χ4v) is 2.14. The summed E-state index contributed by atoms with van der Waals surface area (Å²) in [7, 11) is 0. The van der Waals surface area contributed by atoms with Gasteiger partial charge < -0.3 is 30.6 Å². The molecule has 0 saturated carbocycles. The monoisotopic (exact) mass is 322 g/mol. The molecular formula is C15H30O7. The molecular weight excluding hydrogens is 292 g/mol. The van der Waals surface area contributed by atoms with E-state index in [1.807, 2.05) is 0 Å². The Kier molecular flexibility index (Phi) is 11.6. The van der Waals surface area contributed by atoms with Gasteiger partial charge in [0.15, 0.2) is 5.78 Å². The van der Waals surface area contributed by atoms with E-state index in [1.54, 1.807) is 0 Å². The highest BCUT2D eigenvalue weighted by Gasteiger charge is 2.36. The second kappa shape index (κ2) is 11.9. The third-order valence-corrected chi connectivity index (χ3v) is 3.71. The summed E-state index contributed by atoms with van der Waals surface area (Å²) in [6.07, 6.45) is -3.29. The normalized spacial score (nSPS) is 18.5. The zero-order chi connectivity index (χ0) is 17.1. The molecule has 5 atom stereocenters. The van der Waals surface area contributed by atoms with Crippen LogP contribution in [0.15, 0.2) is 0 Å². The molecule has 0 amide bonds. The lowest BCUT2D eigenvalue weighted by atomic mass is 9.95. The molecule has 0 aliphatic heterocycles. The Morgan fingerprint density at radius 2 is 1.36 bits per heavy atom. The predicted octanol–water partition coefficient (Wildman–Crippen LogP) is -0.897. The molecule has 0 aromatic rings. The number of aliphatic hydroxyl groups excluding tert-OH is 6. The van der Waals surface area contributed by atoms with Crippen LogP contribution in [-0.4, -0.2) is 73.5 Å². The molecule has 0 heterocycles. The molecule has 7 heteroatoms. The Morgan fingerprint density at radius 3 is 1.91 bits per heavy atom. The van der Waals surface area contributed by atoms with Crippen molar-refractivity contribution in [1.82, 2.24) is 0 Å². The lowest BCUT2D eigenvalue weighted by Crippen LogP contribution is -2.51. The number of hydrogen-bond acceptors (Lipinski definition) is 7. The third-order valence-electron chi connectivity index (χ3n) is 3.71. The summed E-state index contributed by atoms with van der Waals surface area (Å²) in [4.78, 5) is 11.7. The van der Waals surface area contributed by atoms with Gasteiger partial charge in [-0.3, -0.25) is 4.79 Å². The smallest absolute Gasteiger partial charge is 0.164 e. The van der Waals surface area contributed by atoms with Gasteiger partial charge in [0.1, 0.15) is 30.5 Å². The SMILES string of the molecule is CCCCCCCCC(=O)C(O)[C@H](O)[C@@H](O)[C@H](O)[C@H](O)CO. The van der Waals surface area contributed by atoms with Crippen molar-refractivity contribution in [3.63, 3.8) is 0 Å². The first-order chi connectivity index (χ1) is 10.4. The lowest BCUT2D eigenvalue weighted by Gasteiger charge is -2.27. The van der Waals surface area contributed by atoms with Gasteiger partial charge in [-0.05, 0) is 6.42 Å². The fraction of sp³-hybridized carbons (Fsp3) is 0.933. The minimum absolute atomic E-state index is 0.0791. The summed E-state index contributed by atoms with van der Waals surface area (Å²) >= 11 is 0. The molecule has 0 saturated heterocycles. The first kappa shape index (κ1) is 21.4. The number of hydrogen-bond donors (Lipinski definition) is 6. The van der Waals surface area contributed by atoms with Crippen LogP contribution in [0.4, 0.5) is 0 Å². The molecule has 0 bridgehead atoms. The van der Waals surface area contributed by atoms with Gasteiger partial charge in [0.25, 0.3) is 0 Å². The van der Waals surface area contributed by atoms with Crippen LogP contribution in [0, 0.1) is 0 Å². The molecule has 0 fully saturated rings. The van der Waals surface area contributed by atoms with Gasteiger partial charge in [0.2, 0.25) is 0 Å². The number of Topliss-reactive ketones (excluding diaryl/α,β-unsaturated/α-hetero) is 1. The minimum Gasteiger partial charge on any atom is -0.394 e. The quantitative estimate of drug-likeness (QED) is 0.242. The van der Waals surface area contributed by atoms with Crippen molar-refractivity contribution < 1.29 is 35.4 Å². The molecule has 0 radical (unpaired) electrons. The Balaban J connectivity index is 4.15. The molecule has 6 N–H and O–H groups in total. The van der Waals surface area contributed by atoms with Gasteiger partial charge in [0.05, 0.1) is 6.61 Å². The molecule has 22 heavy (non-hydrogen) atoms. The van der Waals surface area contributed by atoms with E-state index in [0.717, 1.165) is 32.1 Å². The highest BCUT2D eigenvalue weighted by atomic mass is 16.4. The van der Waals surface area contributed by atoms with Crippen molar-refractivity contribution >= 4 is 5.78 Å². The standard InChI is InChI=1S/C15H30O7/c1-2-3-4-5-6-7-8-10(17)12(19)14(21)15(22)13(20)11(18)9-16/h11-16,18-22H,2-9H2,1H3/t11-,12?,13-,14+,15+/m1/s1. The number of ketones is 1. The summed E-state index contributed by atoms with van der Waals surface area (Å²) < 4.78 is 0. The van der Waals surface area contributed by atoms with E-state index in [1.165, 1.54) is 0 Å². The summed E-state index contributed by atoms with van der Waals surface area (Å²) in [5.74, 6) is -0.618. The lowest BCUT2D eigenvalue weighted by molar-refractivity contribution is -0.155. The maximum absolute atomic E-state index is 11.7. The largest absolute Gasteiger partial charge is 0.394 e. The van der Waals surface area contributed by atoms with Crippen molar-refractivity contribution in [3.8, 4) is 0 Å². The van der Waals surface area contributed by atoms with Gasteiger partial charge in [-0.2, -0.15) is 0 Å². The first-order valence-electron chi connectivity index (χ1n) is 7.90. The van der Waals surface area contributed by atoms with Crippen LogP contribution in [-0.2, 0) is 4.79 Å². The molecule has 1 unspecified atom stereocenters. The van der Waals surface area contributed by atoms with Crippen LogP contribution in [0.2, 0.25) is 0 Å². The van der Waals surface area contributed by atoms with E-state index >= 15 is 0 Å². The van der Waals surface area contributed by atoms with Crippen LogP contribution >= 0.6 is 0 Å². The molecule has 0 aliphatic rings. The molecule has 0 spiro atoms. The van der Waals surface area contributed by atoms with Gasteiger partial charge >= 0.3 is 0 Å². The number of carbonyl (C=O) groups is 1. The second-order valence-corrected chi connectivity index (χ2v) is 5.65. The molecule has 0 rings (SSSR count). The summed E-state index contributed by atoms with van der Waals surface area (Å²) in [5.41, 5.74) is 0. The Labute approximate surface area is 131 Å². The Morgan fingerprint density at radius 1 is 0.818 bits per heavy atom. The van der Waals surface area contributed by atoms with Crippen molar-refractivity contribution in [2.45, 2.75) is 82.4 Å². The predicted molar refractivity (Wildman–Crippen MR) is 80.1 cm³/mol. The topological polar surface area (TPSA) is 138 Å². The molecule has 0 aliphatic carbocycles. The first-order valence-corrected chi connectivity index (χ1v) is 7.90. The number of carbonyl (C=O) groups excluding carboxylic acids is 1. The zero-order valence-electron chi connectivity index (χ0n) is 13.1. The van der Waals surface area contributed by atoms with Crippen LogP contribution in [0.25, 0.3) is 0 Å². The van der Waals surface area contributed by atoms with E-state index in [9.17, 15) is 30.3 Å². The van der Waals surface area contributed by atoms with Crippen LogP contribution in [0.3, 0.4) is 0 Å². The van der Waals surface area contributed by atoms with E-state index in [-0.39, 0.29) is 6.42 Å². The molecule has 0 aromatic heterocycles. The minimum atomic E-state index is -1.93. The van der Waals surface area contributed by atoms with Gasteiger partial charge in [-0.15, -0.1) is 0 Å². The van der Waals surface area contributed by atoms with Crippen LogP contribution in [0.5, 0.6) is 0 Å². The van der Waals surface area contributed by atoms with E-state index in [2.05, 4.69) is 6.92 Å². The summed E-state index contributed by atoms with van der Waals surface area (Å²) in [6, 6.07) is 0. The Bertz CT molecular complexity index is 298. The van der Waals surface area contributed by atoms with E-state index in [4.69, 9.17) is 5.11 Å². The van der Waals surface area contributed by atoms with Crippen molar-refractivity contribution in [3.05, 3.63) is 0 Å². The van der Waals surface area contributed by atoms with Gasteiger partial charge in [-0.25, -0.2) is 0 Å².